The topological polar surface area (TPSA) is 52.0 Å². The van der Waals surface area contributed by atoms with Crippen molar-refractivity contribution in [1.82, 2.24) is 9.78 Å². The van der Waals surface area contributed by atoms with Crippen LogP contribution in [0.1, 0.15) is 32.0 Å². The van der Waals surface area contributed by atoms with E-state index in [0.29, 0.717) is 27.5 Å². The van der Waals surface area contributed by atoms with Gasteiger partial charge >= 0.3 is 0 Å². The number of aryl methyl sites for hydroxylation is 1. The largest absolute Gasteiger partial charge is 0.288 e. The average molecular weight is 428 g/mol. The summed E-state index contributed by atoms with van der Waals surface area (Å²) in [4.78, 5) is 25.2. The van der Waals surface area contributed by atoms with Gasteiger partial charge in [0.15, 0.2) is 11.6 Å². The third kappa shape index (κ3) is 2.64. The molecule has 1 aromatic heterocycles. The Labute approximate surface area is 163 Å². The molecule has 0 bridgehead atoms. The molecule has 128 valence electrons. The summed E-state index contributed by atoms with van der Waals surface area (Å²) >= 11 is 9.91. The SMILES string of the molecule is Cc1nn(-c2ccc(Br)cc2)c(Cl)c1C=C1C(=O)c2ccccc2C1=O. The summed E-state index contributed by atoms with van der Waals surface area (Å²) in [5.74, 6) is -0.560. The molecule has 0 saturated carbocycles. The molecule has 26 heavy (non-hydrogen) atoms. The van der Waals surface area contributed by atoms with Crippen molar-refractivity contribution in [2.45, 2.75) is 6.92 Å². The van der Waals surface area contributed by atoms with Gasteiger partial charge in [0.1, 0.15) is 5.15 Å². The number of halogens is 2. The lowest BCUT2D eigenvalue weighted by Crippen LogP contribution is -2.00. The van der Waals surface area contributed by atoms with Crippen molar-refractivity contribution < 1.29 is 9.59 Å². The number of fused-ring (bicyclic) bond motifs is 1. The molecule has 0 unspecified atom stereocenters. The lowest BCUT2D eigenvalue weighted by atomic mass is 10.1. The van der Waals surface area contributed by atoms with E-state index in [1.54, 1.807) is 41.9 Å². The minimum atomic E-state index is -0.280. The number of aromatic nitrogens is 2. The van der Waals surface area contributed by atoms with Crippen LogP contribution in [-0.4, -0.2) is 21.3 Å². The Hall–Kier alpha value is -2.50. The Kier molecular flexibility index (Phi) is 4.13. The van der Waals surface area contributed by atoms with E-state index in [2.05, 4.69) is 21.0 Å². The molecule has 0 fully saturated rings. The quantitative estimate of drug-likeness (QED) is 0.424. The van der Waals surface area contributed by atoms with Gasteiger partial charge in [-0.3, -0.25) is 9.59 Å². The van der Waals surface area contributed by atoms with Crippen molar-refractivity contribution >= 4 is 45.2 Å². The maximum atomic E-state index is 12.6. The second-order valence-electron chi connectivity index (χ2n) is 5.94. The molecule has 1 aliphatic carbocycles. The highest BCUT2D eigenvalue weighted by atomic mass is 79.9. The first-order chi connectivity index (χ1) is 12.5. The van der Waals surface area contributed by atoms with Crippen molar-refractivity contribution in [2.75, 3.05) is 0 Å². The summed E-state index contributed by atoms with van der Waals surface area (Å²) in [6.07, 6.45) is 1.55. The van der Waals surface area contributed by atoms with Crippen molar-refractivity contribution in [3.63, 3.8) is 0 Å². The van der Waals surface area contributed by atoms with Crippen LogP contribution in [0.4, 0.5) is 0 Å². The molecule has 0 saturated heterocycles. The lowest BCUT2D eigenvalue weighted by Gasteiger charge is -2.03. The maximum absolute atomic E-state index is 12.6. The monoisotopic (exact) mass is 426 g/mol. The third-order valence-corrected chi connectivity index (χ3v) is 5.21. The summed E-state index contributed by atoms with van der Waals surface area (Å²) in [7, 11) is 0. The number of carbonyl (C=O) groups is 2. The second kappa shape index (κ2) is 6.34. The first kappa shape index (κ1) is 16.9. The van der Waals surface area contributed by atoms with E-state index in [-0.39, 0.29) is 17.1 Å². The van der Waals surface area contributed by atoms with Crippen molar-refractivity contribution in [3.05, 3.63) is 86.1 Å². The molecule has 0 aliphatic heterocycles. The van der Waals surface area contributed by atoms with Gasteiger partial charge in [-0.05, 0) is 37.3 Å². The Balaban J connectivity index is 1.81. The molecule has 0 amide bonds. The van der Waals surface area contributed by atoms with Gasteiger partial charge in [0.25, 0.3) is 0 Å². The minimum Gasteiger partial charge on any atom is -0.288 e. The normalized spacial score (nSPS) is 13.3. The van der Waals surface area contributed by atoms with Gasteiger partial charge in [0.05, 0.1) is 17.0 Å². The van der Waals surface area contributed by atoms with Crippen molar-refractivity contribution in [1.29, 1.82) is 0 Å². The van der Waals surface area contributed by atoms with Gasteiger partial charge in [-0.1, -0.05) is 51.8 Å². The van der Waals surface area contributed by atoms with Gasteiger partial charge in [0.2, 0.25) is 0 Å². The highest BCUT2D eigenvalue weighted by Crippen LogP contribution is 2.31. The number of ketones is 2. The summed E-state index contributed by atoms with van der Waals surface area (Å²) in [6.45, 7) is 1.80. The average Bonchev–Trinajstić information content (AvgIpc) is 3.06. The van der Waals surface area contributed by atoms with Crippen molar-refractivity contribution in [3.8, 4) is 5.69 Å². The molecular formula is C20H12BrClN2O2. The number of hydrogen-bond acceptors (Lipinski definition) is 3. The van der Waals surface area contributed by atoms with E-state index in [1.165, 1.54) is 0 Å². The fourth-order valence-electron chi connectivity index (χ4n) is 2.98. The molecular weight excluding hydrogens is 416 g/mol. The van der Waals surface area contributed by atoms with Crippen LogP contribution in [0.3, 0.4) is 0 Å². The summed E-state index contributed by atoms with van der Waals surface area (Å²) in [6, 6.07) is 14.4. The molecule has 0 spiro atoms. The maximum Gasteiger partial charge on any atom is 0.197 e. The van der Waals surface area contributed by atoms with E-state index >= 15 is 0 Å². The number of allylic oxidation sites excluding steroid dienone is 1. The number of rotatable bonds is 2. The van der Waals surface area contributed by atoms with Gasteiger partial charge in [-0.25, -0.2) is 4.68 Å². The summed E-state index contributed by atoms with van der Waals surface area (Å²) in [5.41, 5.74) is 2.97. The lowest BCUT2D eigenvalue weighted by molar-refractivity contribution is 0.0990. The van der Waals surface area contributed by atoms with Crippen LogP contribution in [0.25, 0.3) is 11.8 Å². The van der Waals surface area contributed by atoms with E-state index in [4.69, 9.17) is 11.6 Å². The minimum absolute atomic E-state index is 0.117. The van der Waals surface area contributed by atoms with E-state index in [1.807, 2.05) is 24.3 Å². The van der Waals surface area contributed by atoms with Gasteiger partial charge in [-0.2, -0.15) is 5.10 Å². The smallest absolute Gasteiger partial charge is 0.197 e. The predicted octanol–water partition coefficient (Wildman–Crippen LogP) is 5.06. The van der Waals surface area contributed by atoms with Crippen LogP contribution in [0.2, 0.25) is 5.15 Å². The molecule has 4 rings (SSSR count). The third-order valence-electron chi connectivity index (χ3n) is 4.31. The molecule has 0 atom stereocenters. The number of carbonyl (C=O) groups excluding carboxylic acids is 2. The molecule has 1 aliphatic rings. The molecule has 2 aromatic carbocycles. The van der Waals surface area contributed by atoms with Crippen LogP contribution >= 0.6 is 27.5 Å². The van der Waals surface area contributed by atoms with Crippen LogP contribution in [-0.2, 0) is 0 Å². The van der Waals surface area contributed by atoms with Gasteiger partial charge in [0, 0.05) is 21.2 Å². The summed E-state index contributed by atoms with van der Waals surface area (Å²) in [5, 5.41) is 4.81. The highest BCUT2D eigenvalue weighted by Gasteiger charge is 2.33. The predicted molar refractivity (Wildman–Crippen MR) is 104 cm³/mol. The Morgan fingerprint density at radius 2 is 1.58 bits per heavy atom. The Morgan fingerprint density at radius 1 is 1.00 bits per heavy atom. The number of benzene rings is 2. The number of nitrogens with zero attached hydrogens (tertiary/aromatic N) is 2. The number of hydrogen-bond donors (Lipinski definition) is 0. The van der Waals surface area contributed by atoms with Crippen LogP contribution < -0.4 is 0 Å². The molecule has 0 N–H and O–H groups in total. The second-order valence-corrected chi connectivity index (χ2v) is 7.21. The standard InChI is InChI=1S/C20H12BrClN2O2/c1-11-16(20(22)24(23-11)13-8-6-12(21)7-9-13)10-17-18(25)14-4-2-3-5-15(14)19(17)26/h2-10H,1H3. The first-order valence-electron chi connectivity index (χ1n) is 7.88. The number of Topliss-reactive ketones (excluding diaryl/α,β-unsaturated/α-hetero) is 2. The molecule has 3 aromatic rings. The van der Waals surface area contributed by atoms with Gasteiger partial charge < -0.3 is 0 Å². The molecule has 0 radical (unpaired) electrons. The van der Waals surface area contributed by atoms with Crippen LogP contribution in [0.15, 0.2) is 58.6 Å². The zero-order valence-electron chi connectivity index (χ0n) is 13.7. The molecule has 1 heterocycles. The fraction of sp³-hybridized carbons (Fsp3) is 0.0500. The molecule has 6 heteroatoms. The van der Waals surface area contributed by atoms with Crippen LogP contribution in [0.5, 0.6) is 0 Å². The molecule has 4 nitrogen and oxygen atoms in total. The highest BCUT2D eigenvalue weighted by molar-refractivity contribution is 9.10. The van der Waals surface area contributed by atoms with Crippen LogP contribution in [0, 0.1) is 6.92 Å². The van der Waals surface area contributed by atoms with E-state index in [9.17, 15) is 9.59 Å². The zero-order chi connectivity index (χ0) is 18.4. The van der Waals surface area contributed by atoms with E-state index in [0.717, 1.165) is 10.2 Å². The zero-order valence-corrected chi connectivity index (χ0v) is 16.0. The van der Waals surface area contributed by atoms with E-state index < -0.39 is 0 Å². The van der Waals surface area contributed by atoms with Gasteiger partial charge in [-0.15, -0.1) is 0 Å². The summed E-state index contributed by atoms with van der Waals surface area (Å²) < 4.78 is 2.54. The van der Waals surface area contributed by atoms with Crippen molar-refractivity contribution in [2.24, 2.45) is 0 Å². The first-order valence-corrected chi connectivity index (χ1v) is 9.05. The fourth-order valence-corrected chi connectivity index (χ4v) is 3.57. The Morgan fingerprint density at radius 3 is 2.15 bits per heavy atom. The Bertz CT molecular complexity index is 1060.